The van der Waals surface area contributed by atoms with Gasteiger partial charge in [-0.1, -0.05) is 36.2 Å². The van der Waals surface area contributed by atoms with E-state index < -0.39 is 16.2 Å². The van der Waals surface area contributed by atoms with Crippen molar-refractivity contribution in [2.24, 2.45) is 0 Å². The molecule has 0 radical (unpaired) electrons. The maximum absolute atomic E-state index is 11.8. The van der Waals surface area contributed by atoms with Crippen LogP contribution in [0.4, 0.5) is 0 Å². The maximum atomic E-state index is 11.8. The summed E-state index contributed by atoms with van der Waals surface area (Å²) < 4.78 is 34.7. The van der Waals surface area contributed by atoms with E-state index in [4.69, 9.17) is 9.29 Å². The molecule has 130 valence electrons. The number of methoxy groups -OCH3 is 1. The van der Waals surface area contributed by atoms with Gasteiger partial charge in [-0.05, 0) is 38.3 Å². The van der Waals surface area contributed by atoms with Gasteiger partial charge in [0.2, 0.25) is 0 Å². The van der Waals surface area contributed by atoms with Gasteiger partial charge in [-0.2, -0.15) is 8.42 Å². The SMILES string of the molecule is COC(=O)[C@@H](Cc1ccc(C)cc1)NCCCCCS(=O)(=O)O. The van der Waals surface area contributed by atoms with Crippen LogP contribution in [-0.2, 0) is 26.1 Å². The van der Waals surface area contributed by atoms with E-state index in [1.807, 2.05) is 31.2 Å². The number of benzene rings is 1. The predicted octanol–water partition coefficient (Wildman–Crippen LogP) is 1.73. The number of hydrogen-bond acceptors (Lipinski definition) is 5. The van der Waals surface area contributed by atoms with E-state index in [1.165, 1.54) is 7.11 Å². The van der Waals surface area contributed by atoms with Crippen LogP contribution in [0.15, 0.2) is 24.3 Å². The average molecular weight is 343 g/mol. The van der Waals surface area contributed by atoms with Gasteiger partial charge in [-0.25, -0.2) is 0 Å². The Morgan fingerprint density at radius 3 is 2.43 bits per heavy atom. The summed E-state index contributed by atoms with van der Waals surface area (Å²) in [5.74, 6) is -0.542. The molecule has 0 unspecified atom stereocenters. The van der Waals surface area contributed by atoms with Crippen LogP contribution in [0.25, 0.3) is 0 Å². The number of nitrogens with one attached hydrogen (secondary N) is 1. The van der Waals surface area contributed by atoms with Crippen molar-refractivity contribution in [1.29, 1.82) is 0 Å². The first-order chi connectivity index (χ1) is 10.8. The van der Waals surface area contributed by atoms with Crippen LogP contribution in [0.1, 0.15) is 30.4 Å². The van der Waals surface area contributed by atoms with Crippen molar-refractivity contribution in [3.63, 3.8) is 0 Å². The van der Waals surface area contributed by atoms with E-state index >= 15 is 0 Å². The normalized spacial score (nSPS) is 12.8. The van der Waals surface area contributed by atoms with Gasteiger partial charge in [-0.15, -0.1) is 0 Å². The Bertz CT molecular complexity index is 583. The van der Waals surface area contributed by atoms with Gasteiger partial charge in [0.15, 0.2) is 0 Å². The molecule has 0 bridgehead atoms. The lowest BCUT2D eigenvalue weighted by atomic mass is 10.0. The zero-order valence-corrected chi connectivity index (χ0v) is 14.4. The zero-order valence-electron chi connectivity index (χ0n) is 13.6. The first kappa shape index (κ1) is 19.6. The molecule has 1 rings (SSSR count). The Hall–Kier alpha value is -1.44. The summed E-state index contributed by atoms with van der Waals surface area (Å²) in [6.07, 6.45) is 2.32. The fraction of sp³-hybridized carbons (Fsp3) is 0.562. The second-order valence-electron chi connectivity index (χ2n) is 5.57. The summed E-state index contributed by atoms with van der Waals surface area (Å²) in [4.78, 5) is 11.8. The second-order valence-corrected chi connectivity index (χ2v) is 7.14. The smallest absolute Gasteiger partial charge is 0.323 e. The van der Waals surface area contributed by atoms with Crippen molar-refractivity contribution in [2.45, 2.75) is 38.6 Å². The lowest BCUT2D eigenvalue weighted by Gasteiger charge is -2.16. The number of rotatable bonds is 10. The fourth-order valence-electron chi connectivity index (χ4n) is 2.20. The number of ether oxygens (including phenoxy) is 1. The molecule has 1 atom stereocenters. The van der Waals surface area contributed by atoms with E-state index in [-0.39, 0.29) is 11.7 Å². The number of hydrogen-bond donors (Lipinski definition) is 2. The molecule has 0 amide bonds. The van der Waals surface area contributed by atoms with Crippen molar-refractivity contribution in [3.05, 3.63) is 35.4 Å². The average Bonchev–Trinajstić information content (AvgIpc) is 2.49. The molecule has 0 saturated carbocycles. The number of carbonyl (C=O) groups excluding carboxylic acids is 1. The summed E-state index contributed by atoms with van der Waals surface area (Å²) in [6.45, 7) is 2.59. The van der Waals surface area contributed by atoms with Crippen molar-refractivity contribution in [1.82, 2.24) is 5.32 Å². The monoisotopic (exact) mass is 343 g/mol. The van der Waals surface area contributed by atoms with Gasteiger partial charge in [-0.3, -0.25) is 9.35 Å². The quantitative estimate of drug-likeness (QED) is 0.382. The van der Waals surface area contributed by atoms with Gasteiger partial charge in [0.05, 0.1) is 12.9 Å². The lowest BCUT2D eigenvalue weighted by Crippen LogP contribution is -2.40. The van der Waals surface area contributed by atoms with Crippen LogP contribution in [-0.4, -0.2) is 44.4 Å². The molecular weight excluding hydrogens is 318 g/mol. The van der Waals surface area contributed by atoms with Gasteiger partial charge in [0.1, 0.15) is 6.04 Å². The van der Waals surface area contributed by atoms with E-state index in [1.54, 1.807) is 0 Å². The molecular formula is C16H25NO5S. The molecule has 0 saturated heterocycles. The first-order valence-corrected chi connectivity index (χ1v) is 9.24. The van der Waals surface area contributed by atoms with Crippen LogP contribution < -0.4 is 5.32 Å². The minimum atomic E-state index is -3.88. The molecule has 0 aliphatic heterocycles. The van der Waals surface area contributed by atoms with Gasteiger partial charge < -0.3 is 10.1 Å². The maximum Gasteiger partial charge on any atom is 0.323 e. The number of aryl methyl sites for hydroxylation is 1. The van der Waals surface area contributed by atoms with Crippen LogP contribution in [0, 0.1) is 6.92 Å². The van der Waals surface area contributed by atoms with Crippen LogP contribution in [0.3, 0.4) is 0 Å². The van der Waals surface area contributed by atoms with Crippen molar-refractivity contribution in [2.75, 3.05) is 19.4 Å². The molecule has 6 nitrogen and oxygen atoms in total. The van der Waals surface area contributed by atoms with E-state index in [0.717, 1.165) is 17.5 Å². The lowest BCUT2D eigenvalue weighted by molar-refractivity contribution is -0.143. The van der Waals surface area contributed by atoms with Gasteiger partial charge >= 0.3 is 5.97 Å². The third kappa shape index (κ3) is 8.68. The standard InChI is InChI=1S/C16H25NO5S/c1-13-6-8-14(9-7-13)12-15(16(18)22-2)17-10-4-3-5-11-23(19,20)21/h6-9,15,17H,3-5,10-12H2,1-2H3,(H,19,20,21)/t15-/m1/s1. The van der Waals surface area contributed by atoms with Crippen molar-refractivity contribution >= 4 is 16.1 Å². The Morgan fingerprint density at radius 1 is 1.22 bits per heavy atom. The molecule has 0 fully saturated rings. The molecule has 1 aromatic carbocycles. The minimum absolute atomic E-state index is 0.225. The molecule has 0 spiro atoms. The summed E-state index contributed by atoms with van der Waals surface area (Å²) in [6, 6.07) is 7.54. The third-order valence-corrected chi connectivity index (χ3v) is 4.32. The molecule has 7 heteroatoms. The number of esters is 1. The highest BCUT2D eigenvalue weighted by Gasteiger charge is 2.18. The van der Waals surface area contributed by atoms with Gasteiger partial charge in [0.25, 0.3) is 10.1 Å². The Balaban J connectivity index is 2.40. The van der Waals surface area contributed by atoms with Crippen molar-refractivity contribution < 1.29 is 22.5 Å². The second kappa shape index (κ2) is 9.64. The summed E-state index contributed by atoms with van der Waals surface area (Å²) >= 11 is 0. The molecule has 0 aliphatic carbocycles. The molecule has 0 aromatic heterocycles. The fourth-order valence-corrected chi connectivity index (χ4v) is 2.77. The topological polar surface area (TPSA) is 92.7 Å². The summed E-state index contributed by atoms with van der Waals surface area (Å²) in [5.41, 5.74) is 2.21. The van der Waals surface area contributed by atoms with E-state index in [2.05, 4.69) is 5.32 Å². The largest absolute Gasteiger partial charge is 0.468 e. The molecule has 0 heterocycles. The highest BCUT2D eigenvalue weighted by Crippen LogP contribution is 2.07. The Morgan fingerprint density at radius 2 is 1.87 bits per heavy atom. The van der Waals surface area contributed by atoms with Crippen molar-refractivity contribution in [3.8, 4) is 0 Å². The third-order valence-electron chi connectivity index (χ3n) is 3.52. The molecule has 23 heavy (non-hydrogen) atoms. The van der Waals surface area contributed by atoms with Crippen LogP contribution in [0.5, 0.6) is 0 Å². The molecule has 1 aromatic rings. The van der Waals surface area contributed by atoms with Gasteiger partial charge in [0, 0.05) is 0 Å². The highest BCUT2D eigenvalue weighted by molar-refractivity contribution is 7.85. The number of unbranched alkanes of at least 4 members (excludes halogenated alkanes) is 2. The van der Waals surface area contributed by atoms with E-state index in [0.29, 0.717) is 25.8 Å². The zero-order chi connectivity index (χ0) is 17.3. The Kier molecular flexibility index (Phi) is 8.22. The molecule has 2 N–H and O–H groups in total. The number of carbonyl (C=O) groups is 1. The molecule has 0 aliphatic rings. The highest BCUT2D eigenvalue weighted by atomic mass is 32.2. The Labute approximate surface area is 138 Å². The summed E-state index contributed by atoms with van der Waals surface area (Å²) in [7, 11) is -2.52. The van der Waals surface area contributed by atoms with Crippen LogP contribution in [0.2, 0.25) is 0 Å². The first-order valence-electron chi connectivity index (χ1n) is 7.64. The summed E-state index contributed by atoms with van der Waals surface area (Å²) in [5, 5.41) is 3.14. The minimum Gasteiger partial charge on any atom is -0.468 e. The van der Waals surface area contributed by atoms with Crippen LogP contribution >= 0.6 is 0 Å². The predicted molar refractivity (Wildman–Crippen MR) is 89.0 cm³/mol. The van der Waals surface area contributed by atoms with E-state index in [9.17, 15) is 13.2 Å².